The van der Waals surface area contributed by atoms with Crippen molar-refractivity contribution in [1.82, 2.24) is 4.90 Å². The van der Waals surface area contributed by atoms with Crippen LogP contribution < -0.4 is 0 Å². The van der Waals surface area contributed by atoms with Crippen molar-refractivity contribution in [2.24, 2.45) is 11.3 Å². The molecule has 0 N–H and O–H groups in total. The van der Waals surface area contributed by atoms with Crippen LogP contribution in [0.5, 0.6) is 0 Å². The van der Waals surface area contributed by atoms with Crippen LogP contribution in [0.1, 0.15) is 25.7 Å². The first-order chi connectivity index (χ1) is 7.68. The van der Waals surface area contributed by atoms with Gasteiger partial charge < -0.3 is 9.64 Å². The smallest absolute Gasteiger partial charge is 0.242 e. The van der Waals surface area contributed by atoms with E-state index in [1.807, 2.05) is 0 Å². The Hall–Kier alpha value is -1.08. The van der Waals surface area contributed by atoms with Crippen LogP contribution in [0.25, 0.3) is 0 Å². The summed E-state index contributed by atoms with van der Waals surface area (Å²) in [5.74, 6) is 0.722. The molecule has 4 heteroatoms. The second kappa shape index (κ2) is 4.42. The van der Waals surface area contributed by atoms with Gasteiger partial charge in [0.25, 0.3) is 0 Å². The Bertz CT molecular complexity index is 313. The predicted molar refractivity (Wildman–Crippen MR) is 58.5 cm³/mol. The molecule has 2 fully saturated rings. The Morgan fingerprint density at radius 1 is 1.56 bits per heavy atom. The molecule has 1 amide bonds. The molecule has 0 saturated heterocycles. The Kier molecular flexibility index (Phi) is 3.15. The van der Waals surface area contributed by atoms with Gasteiger partial charge in [-0.15, -0.1) is 0 Å². The van der Waals surface area contributed by atoms with Gasteiger partial charge in [0.1, 0.15) is 5.41 Å². The van der Waals surface area contributed by atoms with Gasteiger partial charge in [0.05, 0.1) is 12.7 Å². The summed E-state index contributed by atoms with van der Waals surface area (Å²) in [5.41, 5.74) is -0.689. The molecule has 2 aliphatic carbocycles. The van der Waals surface area contributed by atoms with Crippen LogP contribution in [0.3, 0.4) is 0 Å². The van der Waals surface area contributed by atoms with Crippen molar-refractivity contribution in [3.05, 3.63) is 0 Å². The van der Waals surface area contributed by atoms with E-state index in [0.29, 0.717) is 13.2 Å². The summed E-state index contributed by atoms with van der Waals surface area (Å²) in [6, 6.07) is 2.12. The molecule has 2 rings (SSSR count). The van der Waals surface area contributed by atoms with Crippen LogP contribution in [-0.2, 0) is 9.53 Å². The lowest BCUT2D eigenvalue weighted by Crippen LogP contribution is -2.35. The molecular weight excluding hydrogens is 204 g/mol. The van der Waals surface area contributed by atoms with E-state index < -0.39 is 5.41 Å². The van der Waals surface area contributed by atoms with Crippen LogP contribution in [0.2, 0.25) is 0 Å². The molecule has 0 bridgehead atoms. The highest BCUT2D eigenvalue weighted by molar-refractivity contribution is 5.88. The van der Waals surface area contributed by atoms with Crippen LogP contribution in [0.15, 0.2) is 0 Å². The monoisotopic (exact) mass is 222 g/mol. The van der Waals surface area contributed by atoms with E-state index in [-0.39, 0.29) is 5.91 Å². The molecule has 4 nitrogen and oxygen atoms in total. The molecule has 0 unspecified atom stereocenters. The lowest BCUT2D eigenvalue weighted by atomic mass is 10.1. The molecule has 16 heavy (non-hydrogen) atoms. The number of likely N-dealkylation sites (N-methyl/N-ethyl adjacent to an activating group) is 1. The summed E-state index contributed by atoms with van der Waals surface area (Å²) in [5, 5.41) is 8.90. The third kappa shape index (κ3) is 2.53. The zero-order valence-corrected chi connectivity index (χ0v) is 9.74. The highest BCUT2D eigenvalue weighted by Crippen LogP contribution is 2.46. The predicted octanol–water partition coefficient (Wildman–Crippen LogP) is 1.18. The molecule has 0 aliphatic heterocycles. The standard InChI is InChI=1S/C12H18N2O2/c1-14(6-7-16-8-10-2-3-10)11(15)12(9-13)4-5-12/h10H,2-8H2,1H3. The minimum atomic E-state index is -0.689. The van der Waals surface area contributed by atoms with Crippen molar-refractivity contribution in [1.29, 1.82) is 5.26 Å². The van der Waals surface area contributed by atoms with Gasteiger partial charge in [-0.3, -0.25) is 4.79 Å². The fourth-order valence-corrected chi connectivity index (χ4v) is 1.70. The molecule has 0 aromatic heterocycles. The third-order valence-corrected chi connectivity index (χ3v) is 3.34. The van der Waals surface area contributed by atoms with Crippen molar-refractivity contribution in [3.63, 3.8) is 0 Å². The second-order valence-corrected chi connectivity index (χ2v) is 4.94. The minimum Gasteiger partial charge on any atom is -0.379 e. The lowest BCUT2D eigenvalue weighted by molar-refractivity contribution is -0.134. The highest BCUT2D eigenvalue weighted by Gasteiger charge is 2.51. The molecule has 0 radical (unpaired) electrons. The fraction of sp³-hybridized carbons (Fsp3) is 0.833. The number of carbonyl (C=O) groups excluding carboxylic acids is 1. The minimum absolute atomic E-state index is 0.0370. The number of carbonyl (C=O) groups is 1. The van der Waals surface area contributed by atoms with E-state index in [0.717, 1.165) is 25.4 Å². The highest BCUT2D eigenvalue weighted by atomic mass is 16.5. The van der Waals surface area contributed by atoms with Gasteiger partial charge in [-0.2, -0.15) is 5.26 Å². The number of nitrogens with zero attached hydrogens (tertiary/aromatic N) is 2. The van der Waals surface area contributed by atoms with Crippen molar-refractivity contribution >= 4 is 5.91 Å². The lowest BCUT2D eigenvalue weighted by Gasteiger charge is -2.19. The average molecular weight is 222 g/mol. The van der Waals surface area contributed by atoms with Gasteiger partial charge in [0.2, 0.25) is 5.91 Å². The number of ether oxygens (including phenoxy) is 1. The summed E-state index contributed by atoms with van der Waals surface area (Å²) in [6.07, 6.45) is 4.00. The molecule has 0 atom stereocenters. The first-order valence-corrected chi connectivity index (χ1v) is 5.92. The van der Waals surface area contributed by atoms with E-state index in [1.54, 1.807) is 11.9 Å². The van der Waals surface area contributed by atoms with E-state index >= 15 is 0 Å². The maximum atomic E-state index is 11.8. The van der Waals surface area contributed by atoms with Crippen molar-refractivity contribution < 1.29 is 9.53 Å². The average Bonchev–Trinajstić information content (AvgIpc) is 3.17. The summed E-state index contributed by atoms with van der Waals surface area (Å²) in [6.45, 7) is 2.00. The number of nitriles is 1. The molecule has 2 saturated carbocycles. The topological polar surface area (TPSA) is 53.3 Å². The Morgan fingerprint density at radius 2 is 2.25 bits per heavy atom. The maximum Gasteiger partial charge on any atom is 0.242 e. The normalized spacial score (nSPS) is 21.2. The Morgan fingerprint density at radius 3 is 2.75 bits per heavy atom. The first kappa shape index (κ1) is 11.4. The maximum absolute atomic E-state index is 11.8. The number of hydrogen-bond acceptors (Lipinski definition) is 3. The summed E-state index contributed by atoms with van der Waals surface area (Å²) >= 11 is 0. The molecule has 88 valence electrons. The van der Waals surface area contributed by atoms with E-state index in [9.17, 15) is 4.79 Å². The SMILES string of the molecule is CN(CCOCC1CC1)C(=O)C1(C#N)CC1. The molecular formula is C12H18N2O2. The van der Waals surface area contributed by atoms with E-state index in [1.165, 1.54) is 12.8 Å². The zero-order valence-electron chi connectivity index (χ0n) is 9.74. The second-order valence-electron chi connectivity index (χ2n) is 4.94. The largest absolute Gasteiger partial charge is 0.379 e. The zero-order chi connectivity index (χ0) is 11.6. The van der Waals surface area contributed by atoms with E-state index in [2.05, 4.69) is 6.07 Å². The Balaban J connectivity index is 1.64. The quantitative estimate of drug-likeness (QED) is 0.634. The van der Waals surface area contributed by atoms with Crippen molar-refractivity contribution in [3.8, 4) is 6.07 Å². The van der Waals surface area contributed by atoms with Gasteiger partial charge in [0, 0.05) is 20.2 Å². The number of rotatable bonds is 6. The van der Waals surface area contributed by atoms with Gasteiger partial charge in [-0.25, -0.2) is 0 Å². The number of hydrogen-bond donors (Lipinski definition) is 0. The van der Waals surface area contributed by atoms with Crippen molar-refractivity contribution in [2.75, 3.05) is 26.8 Å². The summed E-state index contributed by atoms with van der Waals surface area (Å²) in [4.78, 5) is 13.5. The first-order valence-electron chi connectivity index (χ1n) is 5.92. The molecule has 0 heterocycles. The van der Waals surface area contributed by atoms with Gasteiger partial charge >= 0.3 is 0 Å². The summed E-state index contributed by atoms with van der Waals surface area (Å²) in [7, 11) is 1.75. The van der Waals surface area contributed by atoms with E-state index in [4.69, 9.17) is 10.00 Å². The van der Waals surface area contributed by atoms with Gasteiger partial charge in [-0.1, -0.05) is 0 Å². The number of amides is 1. The molecule has 0 spiro atoms. The van der Waals surface area contributed by atoms with Crippen LogP contribution in [0.4, 0.5) is 0 Å². The van der Waals surface area contributed by atoms with Gasteiger partial charge in [-0.05, 0) is 31.6 Å². The molecule has 0 aromatic rings. The summed E-state index contributed by atoms with van der Waals surface area (Å²) < 4.78 is 5.47. The van der Waals surface area contributed by atoms with Crippen LogP contribution in [0, 0.1) is 22.7 Å². The van der Waals surface area contributed by atoms with Crippen molar-refractivity contribution in [2.45, 2.75) is 25.7 Å². The third-order valence-electron chi connectivity index (χ3n) is 3.34. The Labute approximate surface area is 96.2 Å². The van der Waals surface area contributed by atoms with Crippen LogP contribution >= 0.6 is 0 Å². The fourth-order valence-electron chi connectivity index (χ4n) is 1.70. The molecule has 0 aromatic carbocycles. The molecule has 2 aliphatic rings. The van der Waals surface area contributed by atoms with Crippen LogP contribution in [-0.4, -0.2) is 37.6 Å². The van der Waals surface area contributed by atoms with Gasteiger partial charge in [0.15, 0.2) is 0 Å².